The van der Waals surface area contributed by atoms with E-state index in [4.69, 9.17) is 10.8 Å². The molecule has 1 saturated heterocycles. The molecule has 0 bridgehead atoms. The topological polar surface area (TPSA) is 163 Å². The van der Waals surface area contributed by atoms with Crippen LogP contribution in [0, 0.1) is 0 Å². The lowest BCUT2D eigenvalue weighted by Gasteiger charge is -2.49. The highest BCUT2D eigenvalue weighted by molar-refractivity contribution is 8.00. The number of hydrogen-bond acceptors (Lipinski definition) is 8. The predicted octanol–water partition coefficient (Wildman–Crippen LogP) is 0.342. The molecule has 1 fully saturated rings. The number of aliphatic carboxylic acids is 2. The fourth-order valence-electron chi connectivity index (χ4n) is 2.91. The summed E-state index contributed by atoms with van der Waals surface area (Å²) < 4.78 is 0. The van der Waals surface area contributed by atoms with Crippen LogP contribution >= 0.6 is 23.1 Å². The molecule has 0 aromatic carbocycles. The zero-order valence-corrected chi connectivity index (χ0v) is 16.2. The number of nitrogens with one attached hydrogen (secondary N) is 1. The van der Waals surface area contributed by atoms with E-state index in [9.17, 15) is 24.3 Å². The zero-order valence-electron chi connectivity index (χ0n) is 14.5. The van der Waals surface area contributed by atoms with Crippen LogP contribution in [0.5, 0.6) is 0 Å². The number of nitrogen functional groups attached to an aromatic ring is 1. The van der Waals surface area contributed by atoms with Crippen LogP contribution < -0.4 is 11.1 Å². The zero-order chi connectivity index (χ0) is 20.6. The van der Waals surface area contributed by atoms with Gasteiger partial charge in [0, 0.05) is 11.1 Å². The Morgan fingerprint density at radius 3 is 2.71 bits per heavy atom. The summed E-state index contributed by atoms with van der Waals surface area (Å²) in [6.45, 7) is 1.64. The number of carboxylic acid groups (broad SMARTS) is 2. The predicted molar refractivity (Wildman–Crippen MR) is 102 cm³/mol. The summed E-state index contributed by atoms with van der Waals surface area (Å²) in [5.41, 5.74) is 6.30. The Labute approximate surface area is 167 Å². The summed E-state index contributed by atoms with van der Waals surface area (Å²) in [6.07, 6.45) is 0.794. The van der Waals surface area contributed by atoms with Crippen LogP contribution in [-0.2, 0) is 19.2 Å². The average Bonchev–Trinajstić information content (AvgIpc) is 3.05. The van der Waals surface area contributed by atoms with Crippen molar-refractivity contribution in [1.29, 1.82) is 0 Å². The number of nitrogens with two attached hydrogens (primary N) is 1. The quantitative estimate of drug-likeness (QED) is 0.372. The van der Waals surface area contributed by atoms with Crippen molar-refractivity contribution in [3.8, 4) is 0 Å². The molecular formula is C16H16N4O6S2. The van der Waals surface area contributed by atoms with E-state index < -0.39 is 41.6 Å². The minimum absolute atomic E-state index is 0.00686. The normalized spacial score (nSPS) is 21.8. The molecule has 1 aromatic rings. The van der Waals surface area contributed by atoms with E-state index in [0.717, 1.165) is 16.2 Å². The van der Waals surface area contributed by atoms with Crippen LogP contribution in [0.4, 0.5) is 5.13 Å². The molecule has 0 unspecified atom stereocenters. The van der Waals surface area contributed by atoms with Crippen LogP contribution in [0.25, 0.3) is 5.57 Å². The molecule has 2 aliphatic rings. The van der Waals surface area contributed by atoms with Gasteiger partial charge in [0.1, 0.15) is 17.1 Å². The van der Waals surface area contributed by atoms with Gasteiger partial charge in [0.25, 0.3) is 11.8 Å². The molecule has 5 N–H and O–H groups in total. The van der Waals surface area contributed by atoms with E-state index in [2.05, 4.69) is 10.3 Å². The third kappa shape index (κ3) is 3.60. The largest absolute Gasteiger partial charge is 0.481 e. The molecule has 0 spiro atoms. The number of aromatic nitrogens is 1. The number of fused-ring (bicyclic) bond motifs is 1. The summed E-state index contributed by atoms with van der Waals surface area (Å²) in [6, 6.07) is -0.913. The Balaban J connectivity index is 1.80. The number of hydrogen-bond donors (Lipinski definition) is 4. The van der Waals surface area contributed by atoms with Crippen molar-refractivity contribution in [3.63, 3.8) is 0 Å². The molecule has 3 rings (SSSR count). The molecule has 0 radical (unpaired) electrons. The lowest BCUT2D eigenvalue weighted by Crippen LogP contribution is -2.70. The Morgan fingerprint density at radius 1 is 1.43 bits per heavy atom. The summed E-state index contributed by atoms with van der Waals surface area (Å²) in [5, 5.41) is 22.0. The summed E-state index contributed by atoms with van der Waals surface area (Å²) in [4.78, 5) is 52.7. The van der Waals surface area contributed by atoms with Gasteiger partial charge in [0.05, 0.1) is 17.7 Å². The van der Waals surface area contributed by atoms with Crippen molar-refractivity contribution < 1.29 is 29.4 Å². The van der Waals surface area contributed by atoms with Gasteiger partial charge in [-0.05, 0) is 12.5 Å². The second kappa shape index (κ2) is 7.64. The number of carboxylic acids is 2. The average molecular weight is 424 g/mol. The Kier molecular flexibility index (Phi) is 5.42. The molecule has 28 heavy (non-hydrogen) atoms. The number of anilines is 1. The number of thiazole rings is 1. The van der Waals surface area contributed by atoms with Gasteiger partial charge in [-0.15, -0.1) is 23.1 Å². The van der Waals surface area contributed by atoms with Gasteiger partial charge in [-0.3, -0.25) is 19.3 Å². The van der Waals surface area contributed by atoms with Gasteiger partial charge >= 0.3 is 11.9 Å². The minimum atomic E-state index is -1.19. The third-order valence-corrected chi connectivity index (χ3v) is 6.27. The highest BCUT2D eigenvalue weighted by Gasteiger charge is 2.53. The molecule has 148 valence electrons. The van der Waals surface area contributed by atoms with E-state index in [1.165, 1.54) is 23.2 Å². The fourth-order valence-corrected chi connectivity index (χ4v) is 4.76. The molecule has 2 aliphatic heterocycles. The maximum absolute atomic E-state index is 12.7. The molecule has 0 saturated carbocycles. The van der Waals surface area contributed by atoms with Gasteiger partial charge < -0.3 is 21.3 Å². The highest BCUT2D eigenvalue weighted by Crippen LogP contribution is 2.40. The van der Waals surface area contributed by atoms with Crippen LogP contribution in [0.1, 0.15) is 19.0 Å². The monoisotopic (exact) mass is 424 g/mol. The minimum Gasteiger partial charge on any atom is -0.481 e. The number of amides is 2. The lowest BCUT2D eigenvalue weighted by molar-refractivity contribution is -0.150. The van der Waals surface area contributed by atoms with Crippen LogP contribution in [-0.4, -0.2) is 61.0 Å². The van der Waals surface area contributed by atoms with Gasteiger partial charge in [-0.1, -0.05) is 6.08 Å². The summed E-state index contributed by atoms with van der Waals surface area (Å²) in [7, 11) is 0. The van der Waals surface area contributed by atoms with Crippen LogP contribution in [0.3, 0.4) is 0 Å². The van der Waals surface area contributed by atoms with Crippen molar-refractivity contribution in [1.82, 2.24) is 15.2 Å². The Bertz CT molecular complexity index is 937. The number of carbonyl (C=O) groups is 4. The SMILES string of the molecule is CC1=C(C(=O)O)N2C(=O)[C@@H](NC(=O)C(=CCC(=O)O)c3csc(N)n3)[C@H]2SC1. The first-order valence-electron chi connectivity index (χ1n) is 8.02. The van der Waals surface area contributed by atoms with Crippen molar-refractivity contribution in [3.05, 3.63) is 28.4 Å². The summed E-state index contributed by atoms with van der Waals surface area (Å²) in [5.74, 6) is -3.10. The van der Waals surface area contributed by atoms with E-state index in [-0.39, 0.29) is 22.1 Å². The van der Waals surface area contributed by atoms with Crippen molar-refractivity contribution in [2.75, 3.05) is 11.5 Å². The number of carbonyl (C=O) groups excluding carboxylic acids is 2. The molecule has 3 heterocycles. The van der Waals surface area contributed by atoms with Gasteiger partial charge in [0.15, 0.2) is 5.13 Å². The standard InChI is InChI=1S/C16H16N4O6S2/c1-6-4-27-14-10(13(24)20(14)11(6)15(25)26)19-12(23)7(2-3-9(21)22)8-5-28-16(17)18-8/h2,5,10,14H,3-4H2,1H3,(H2,17,18)(H,19,23)(H,21,22)(H,25,26)/t10-,14-/m1/s1. The van der Waals surface area contributed by atoms with E-state index >= 15 is 0 Å². The molecule has 2 amide bonds. The van der Waals surface area contributed by atoms with Crippen molar-refractivity contribution >= 4 is 57.6 Å². The van der Waals surface area contributed by atoms with Crippen LogP contribution in [0.15, 0.2) is 22.7 Å². The second-order valence-corrected chi connectivity index (χ2v) is 8.08. The fraction of sp³-hybridized carbons (Fsp3) is 0.312. The molecule has 2 atom stereocenters. The van der Waals surface area contributed by atoms with Gasteiger partial charge in [0.2, 0.25) is 0 Å². The number of rotatable bonds is 6. The number of thioether (sulfide) groups is 1. The first-order chi connectivity index (χ1) is 13.2. The maximum atomic E-state index is 12.7. The first kappa shape index (κ1) is 19.9. The van der Waals surface area contributed by atoms with Crippen molar-refractivity contribution in [2.45, 2.75) is 24.8 Å². The second-order valence-electron chi connectivity index (χ2n) is 6.08. The van der Waals surface area contributed by atoms with E-state index in [0.29, 0.717) is 11.3 Å². The van der Waals surface area contributed by atoms with E-state index in [1.54, 1.807) is 6.92 Å². The highest BCUT2D eigenvalue weighted by atomic mass is 32.2. The van der Waals surface area contributed by atoms with Crippen LogP contribution in [0.2, 0.25) is 0 Å². The van der Waals surface area contributed by atoms with Gasteiger partial charge in [-0.25, -0.2) is 9.78 Å². The van der Waals surface area contributed by atoms with Crippen molar-refractivity contribution in [2.24, 2.45) is 0 Å². The van der Waals surface area contributed by atoms with Gasteiger partial charge in [-0.2, -0.15) is 0 Å². The Hall–Kier alpha value is -2.86. The third-order valence-electron chi connectivity index (χ3n) is 4.17. The molecule has 1 aromatic heterocycles. The number of β-lactam (4-membered cyclic amide) rings is 1. The van der Waals surface area contributed by atoms with E-state index in [1.807, 2.05) is 0 Å². The molecule has 12 heteroatoms. The molecule has 0 aliphatic carbocycles. The lowest BCUT2D eigenvalue weighted by atomic mass is 10.0. The Morgan fingerprint density at radius 2 is 2.14 bits per heavy atom. The summed E-state index contributed by atoms with van der Waals surface area (Å²) >= 11 is 2.44. The number of nitrogens with zero attached hydrogens (tertiary/aromatic N) is 2. The molecular weight excluding hydrogens is 408 g/mol. The molecule has 10 nitrogen and oxygen atoms in total. The maximum Gasteiger partial charge on any atom is 0.352 e. The smallest absolute Gasteiger partial charge is 0.352 e. The first-order valence-corrected chi connectivity index (χ1v) is 9.95.